The summed E-state index contributed by atoms with van der Waals surface area (Å²) in [6.07, 6.45) is 0. The smallest absolute Gasteiger partial charge is 0.343 e. The van der Waals surface area contributed by atoms with Crippen LogP contribution in [0.3, 0.4) is 0 Å². The summed E-state index contributed by atoms with van der Waals surface area (Å²) in [5.41, 5.74) is -0.895. The maximum Gasteiger partial charge on any atom is 0.343 e. The molecule has 0 N–H and O–H groups in total. The molecule has 0 bridgehead atoms. The van der Waals surface area contributed by atoms with E-state index in [9.17, 15) is 19.2 Å². The second-order valence-corrected chi connectivity index (χ2v) is 5.06. The summed E-state index contributed by atoms with van der Waals surface area (Å²) in [5, 5.41) is 0. The molecular formula is C12H10Br2O6. The molecular weight excluding hydrogens is 400 g/mol. The number of hydrogen-bond donors (Lipinski definition) is 0. The predicted octanol–water partition coefficient (Wildman–Crippen LogP) is 1.56. The molecule has 8 heteroatoms. The van der Waals surface area contributed by atoms with Crippen LogP contribution in [0, 0.1) is 0 Å². The van der Waals surface area contributed by atoms with Crippen molar-refractivity contribution in [1.82, 2.24) is 0 Å². The van der Waals surface area contributed by atoms with Crippen LogP contribution in [0.15, 0.2) is 20.1 Å². The first-order valence-corrected chi connectivity index (χ1v) is 7.18. The fourth-order valence-corrected chi connectivity index (χ4v) is 2.50. The van der Waals surface area contributed by atoms with Gasteiger partial charge in [-0.05, 0) is 45.7 Å². The normalized spacial score (nSPS) is 15.6. The molecule has 0 atom stereocenters. The Morgan fingerprint density at radius 1 is 0.850 bits per heavy atom. The van der Waals surface area contributed by atoms with Crippen molar-refractivity contribution in [3.63, 3.8) is 0 Å². The highest BCUT2D eigenvalue weighted by atomic mass is 79.9. The van der Waals surface area contributed by atoms with Crippen LogP contribution in [0.1, 0.15) is 13.8 Å². The summed E-state index contributed by atoms with van der Waals surface area (Å²) in [6, 6.07) is 0. The summed E-state index contributed by atoms with van der Waals surface area (Å²) in [7, 11) is 0. The molecule has 0 radical (unpaired) electrons. The van der Waals surface area contributed by atoms with E-state index in [-0.39, 0.29) is 22.2 Å². The largest absolute Gasteiger partial charge is 0.462 e. The number of hydrogen-bond acceptors (Lipinski definition) is 6. The van der Waals surface area contributed by atoms with Gasteiger partial charge >= 0.3 is 11.9 Å². The van der Waals surface area contributed by atoms with Gasteiger partial charge in [0, 0.05) is 0 Å². The molecule has 0 aromatic heterocycles. The van der Waals surface area contributed by atoms with E-state index in [2.05, 4.69) is 31.9 Å². The quantitative estimate of drug-likeness (QED) is 0.398. The number of ketones is 2. The van der Waals surface area contributed by atoms with Gasteiger partial charge in [-0.2, -0.15) is 0 Å². The van der Waals surface area contributed by atoms with Crippen LogP contribution in [0.25, 0.3) is 0 Å². The van der Waals surface area contributed by atoms with E-state index in [0.29, 0.717) is 0 Å². The number of halogens is 2. The van der Waals surface area contributed by atoms with Crippen LogP contribution in [0.2, 0.25) is 0 Å². The summed E-state index contributed by atoms with van der Waals surface area (Å²) >= 11 is 5.73. The van der Waals surface area contributed by atoms with Gasteiger partial charge in [-0.1, -0.05) is 0 Å². The van der Waals surface area contributed by atoms with E-state index < -0.39 is 34.7 Å². The molecule has 0 saturated heterocycles. The van der Waals surface area contributed by atoms with Gasteiger partial charge in [0.05, 0.1) is 22.2 Å². The number of carbonyl (C=O) groups excluding carboxylic acids is 4. The Kier molecular flexibility index (Phi) is 5.82. The zero-order valence-corrected chi connectivity index (χ0v) is 13.8. The van der Waals surface area contributed by atoms with Gasteiger partial charge in [0.2, 0.25) is 11.6 Å². The molecule has 108 valence electrons. The minimum atomic E-state index is -0.933. The number of ether oxygens (including phenoxy) is 2. The van der Waals surface area contributed by atoms with Crippen molar-refractivity contribution in [3.05, 3.63) is 20.1 Å². The minimum Gasteiger partial charge on any atom is -0.462 e. The lowest BCUT2D eigenvalue weighted by atomic mass is 9.97. The molecule has 0 spiro atoms. The van der Waals surface area contributed by atoms with Crippen molar-refractivity contribution in [2.45, 2.75) is 13.8 Å². The van der Waals surface area contributed by atoms with Gasteiger partial charge in [0.15, 0.2) is 0 Å². The number of esters is 2. The van der Waals surface area contributed by atoms with Gasteiger partial charge in [0.1, 0.15) is 11.1 Å². The Hall–Kier alpha value is -1.28. The molecule has 1 rings (SSSR count). The molecule has 0 aromatic carbocycles. The number of allylic oxidation sites excluding steroid dienone is 2. The lowest BCUT2D eigenvalue weighted by Crippen LogP contribution is -2.29. The fraction of sp³-hybridized carbons (Fsp3) is 0.333. The van der Waals surface area contributed by atoms with Gasteiger partial charge in [-0.3, -0.25) is 9.59 Å². The fourth-order valence-electron chi connectivity index (χ4n) is 1.42. The molecule has 1 aliphatic carbocycles. The third kappa shape index (κ3) is 3.06. The third-order valence-electron chi connectivity index (χ3n) is 2.25. The summed E-state index contributed by atoms with van der Waals surface area (Å²) < 4.78 is 8.78. The van der Waals surface area contributed by atoms with Crippen molar-refractivity contribution in [3.8, 4) is 0 Å². The van der Waals surface area contributed by atoms with Crippen molar-refractivity contribution in [2.75, 3.05) is 13.2 Å². The lowest BCUT2D eigenvalue weighted by Gasteiger charge is -2.16. The Morgan fingerprint density at radius 2 is 1.15 bits per heavy atom. The van der Waals surface area contributed by atoms with Crippen molar-refractivity contribution in [2.24, 2.45) is 0 Å². The third-order valence-corrected chi connectivity index (χ3v) is 3.76. The molecule has 0 unspecified atom stereocenters. The SMILES string of the molecule is CCOC(=O)C1=C(Br)C(=O)C(C(=O)OCC)=C(Br)C1=O. The molecule has 0 saturated carbocycles. The Morgan fingerprint density at radius 3 is 1.40 bits per heavy atom. The second kappa shape index (κ2) is 6.94. The molecule has 6 nitrogen and oxygen atoms in total. The van der Waals surface area contributed by atoms with E-state index in [4.69, 9.17) is 9.47 Å². The highest BCUT2D eigenvalue weighted by molar-refractivity contribution is 9.12. The maximum absolute atomic E-state index is 12.1. The van der Waals surface area contributed by atoms with Crippen LogP contribution in [-0.2, 0) is 28.7 Å². The molecule has 0 amide bonds. The topological polar surface area (TPSA) is 86.7 Å². The minimum absolute atomic E-state index is 0.0517. The van der Waals surface area contributed by atoms with Gasteiger partial charge in [0.25, 0.3) is 0 Å². The predicted molar refractivity (Wildman–Crippen MR) is 75.2 cm³/mol. The summed E-state index contributed by atoms with van der Waals surface area (Å²) in [5.74, 6) is -3.48. The molecule has 0 fully saturated rings. The van der Waals surface area contributed by atoms with E-state index in [1.165, 1.54) is 0 Å². The second-order valence-electron chi connectivity index (χ2n) is 3.48. The number of Topliss-reactive ketones (excluding diaryl/α,β-unsaturated/α-hetero) is 2. The zero-order chi connectivity index (χ0) is 15.4. The molecule has 1 aliphatic rings. The lowest BCUT2D eigenvalue weighted by molar-refractivity contribution is -0.142. The first kappa shape index (κ1) is 16.8. The van der Waals surface area contributed by atoms with Crippen molar-refractivity contribution < 1.29 is 28.7 Å². The molecule has 20 heavy (non-hydrogen) atoms. The highest BCUT2D eigenvalue weighted by Gasteiger charge is 2.40. The van der Waals surface area contributed by atoms with Crippen molar-refractivity contribution in [1.29, 1.82) is 0 Å². The first-order valence-electron chi connectivity index (χ1n) is 5.59. The van der Waals surface area contributed by atoms with E-state index in [1.807, 2.05) is 0 Å². The molecule has 0 heterocycles. The Balaban J connectivity index is 3.28. The molecule has 0 aromatic rings. The van der Waals surface area contributed by atoms with Crippen LogP contribution in [0.4, 0.5) is 0 Å². The van der Waals surface area contributed by atoms with Crippen LogP contribution < -0.4 is 0 Å². The average Bonchev–Trinajstić information content (AvgIpc) is 2.37. The highest BCUT2D eigenvalue weighted by Crippen LogP contribution is 2.32. The Labute approximate surface area is 131 Å². The molecule has 0 aliphatic heterocycles. The van der Waals surface area contributed by atoms with Gasteiger partial charge in [-0.25, -0.2) is 9.59 Å². The number of carbonyl (C=O) groups is 4. The van der Waals surface area contributed by atoms with Crippen LogP contribution >= 0.6 is 31.9 Å². The maximum atomic E-state index is 12.1. The summed E-state index contributed by atoms with van der Waals surface area (Å²) in [4.78, 5) is 47.5. The summed E-state index contributed by atoms with van der Waals surface area (Å²) in [6.45, 7) is 3.24. The first-order chi connectivity index (χ1) is 9.36. The number of rotatable bonds is 4. The van der Waals surface area contributed by atoms with E-state index in [0.717, 1.165) is 0 Å². The van der Waals surface area contributed by atoms with Crippen molar-refractivity contribution >= 4 is 55.4 Å². The van der Waals surface area contributed by atoms with Crippen LogP contribution in [0.5, 0.6) is 0 Å². The zero-order valence-electron chi connectivity index (χ0n) is 10.6. The van der Waals surface area contributed by atoms with Crippen LogP contribution in [-0.4, -0.2) is 36.7 Å². The average molecular weight is 410 g/mol. The standard InChI is InChI=1S/C12H10Br2O6/c1-3-19-11(17)5-7(13)10(16)6(8(14)9(5)15)12(18)20-4-2/h3-4H2,1-2H3. The van der Waals surface area contributed by atoms with E-state index in [1.54, 1.807) is 13.8 Å². The van der Waals surface area contributed by atoms with Gasteiger partial charge in [-0.15, -0.1) is 0 Å². The van der Waals surface area contributed by atoms with E-state index >= 15 is 0 Å². The van der Waals surface area contributed by atoms with Gasteiger partial charge < -0.3 is 9.47 Å². The monoisotopic (exact) mass is 408 g/mol. The Bertz CT molecular complexity index is 508.